The van der Waals surface area contributed by atoms with Crippen molar-refractivity contribution in [3.05, 3.63) is 0 Å². The number of hydrogen-bond acceptors (Lipinski definition) is 7. The van der Waals surface area contributed by atoms with Gasteiger partial charge in [-0.2, -0.15) is 0 Å². The fourth-order valence-corrected chi connectivity index (χ4v) is 4.08. The highest BCUT2D eigenvalue weighted by atomic mass is 31.2. The molecule has 0 bridgehead atoms. The van der Waals surface area contributed by atoms with Crippen LogP contribution in [0.4, 0.5) is 4.79 Å². The third-order valence-corrected chi connectivity index (χ3v) is 5.81. The van der Waals surface area contributed by atoms with Crippen molar-refractivity contribution in [3.63, 3.8) is 0 Å². The van der Waals surface area contributed by atoms with Crippen LogP contribution < -0.4 is 5.32 Å². The first-order valence-corrected chi connectivity index (χ1v) is 11.5. The minimum Gasteiger partial charge on any atom is -0.465 e. The molecule has 0 aliphatic rings. The highest BCUT2D eigenvalue weighted by molar-refractivity contribution is 7.53. The molecule has 0 saturated carbocycles. The van der Waals surface area contributed by atoms with Gasteiger partial charge in [0.15, 0.2) is 0 Å². The summed E-state index contributed by atoms with van der Waals surface area (Å²) in [5.74, 6) is -0.384. The molecule has 172 valence electrons. The van der Waals surface area contributed by atoms with Gasteiger partial charge in [-0.05, 0) is 41.5 Å². The van der Waals surface area contributed by atoms with Crippen LogP contribution in [0.5, 0.6) is 0 Å². The van der Waals surface area contributed by atoms with Crippen molar-refractivity contribution in [2.75, 3.05) is 52.3 Å². The van der Waals surface area contributed by atoms with Gasteiger partial charge in [0.2, 0.25) is 5.91 Å². The first-order chi connectivity index (χ1) is 13.5. The number of carboxylic acid groups (broad SMARTS) is 1. The van der Waals surface area contributed by atoms with Gasteiger partial charge < -0.3 is 28.9 Å². The van der Waals surface area contributed by atoms with Crippen molar-refractivity contribution in [3.8, 4) is 0 Å². The van der Waals surface area contributed by atoms with Gasteiger partial charge in [0.05, 0.1) is 45.8 Å². The van der Waals surface area contributed by atoms with Crippen LogP contribution in [-0.2, 0) is 27.9 Å². The van der Waals surface area contributed by atoms with Gasteiger partial charge in [-0.3, -0.25) is 14.3 Å². The van der Waals surface area contributed by atoms with Crippen molar-refractivity contribution in [1.29, 1.82) is 0 Å². The number of ether oxygens (including phenoxy) is 2. The second-order valence-corrected chi connectivity index (χ2v) is 9.37. The van der Waals surface area contributed by atoms with E-state index in [4.69, 9.17) is 18.5 Å². The first-order valence-electron chi connectivity index (χ1n) is 9.82. The lowest BCUT2D eigenvalue weighted by Crippen LogP contribution is -2.55. The average molecular weight is 440 g/mol. The minimum absolute atomic E-state index is 0.177. The summed E-state index contributed by atoms with van der Waals surface area (Å²) < 4.78 is 33.3. The summed E-state index contributed by atoms with van der Waals surface area (Å²) >= 11 is 0. The van der Waals surface area contributed by atoms with E-state index in [9.17, 15) is 19.3 Å². The van der Waals surface area contributed by atoms with E-state index in [0.29, 0.717) is 26.4 Å². The Morgan fingerprint density at radius 3 is 2.00 bits per heavy atom. The molecule has 0 rings (SSSR count). The molecule has 0 fully saturated rings. The number of nitrogens with zero attached hydrogens (tertiary/aromatic N) is 1. The fourth-order valence-electron chi connectivity index (χ4n) is 2.60. The summed E-state index contributed by atoms with van der Waals surface area (Å²) in [6.07, 6.45) is -0.969. The molecule has 29 heavy (non-hydrogen) atoms. The van der Waals surface area contributed by atoms with Crippen LogP contribution >= 0.6 is 7.60 Å². The van der Waals surface area contributed by atoms with Crippen LogP contribution in [0.2, 0.25) is 0 Å². The van der Waals surface area contributed by atoms with E-state index >= 15 is 0 Å². The zero-order valence-electron chi connectivity index (χ0n) is 18.4. The molecule has 0 aromatic heterocycles. The molecule has 10 nitrogen and oxygen atoms in total. The molecule has 0 aliphatic heterocycles. The van der Waals surface area contributed by atoms with Crippen LogP contribution in [0, 0.1) is 0 Å². The van der Waals surface area contributed by atoms with Crippen LogP contribution in [0.1, 0.15) is 41.5 Å². The van der Waals surface area contributed by atoms with Gasteiger partial charge in [-0.1, -0.05) is 0 Å². The lowest BCUT2D eigenvalue weighted by atomic mass is 10.0. The van der Waals surface area contributed by atoms with Crippen molar-refractivity contribution >= 4 is 19.6 Å². The minimum atomic E-state index is -3.09. The van der Waals surface area contributed by atoms with Crippen LogP contribution in [0.25, 0.3) is 0 Å². The SMILES string of the molecule is CCOP(=O)(CCOCCOCCNC(=O)[C@H](C)N(C(=O)O)C(C)(C)C)OCC. The predicted molar refractivity (Wildman–Crippen MR) is 109 cm³/mol. The summed E-state index contributed by atoms with van der Waals surface area (Å²) in [7, 11) is -3.09. The molecule has 0 unspecified atom stereocenters. The molecule has 0 heterocycles. The normalized spacial score (nSPS) is 13.2. The zero-order valence-corrected chi connectivity index (χ0v) is 19.3. The lowest BCUT2D eigenvalue weighted by molar-refractivity contribution is -0.127. The van der Waals surface area contributed by atoms with E-state index in [1.165, 1.54) is 0 Å². The Kier molecular flexibility index (Phi) is 13.4. The highest BCUT2D eigenvalue weighted by Gasteiger charge is 2.34. The fraction of sp³-hybridized carbons (Fsp3) is 0.889. The maximum atomic E-state index is 12.2. The van der Waals surface area contributed by atoms with Gasteiger partial charge in [0, 0.05) is 12.1 Å². The van der Waals surface area contributed by atoms with Crippen LogP contribution in [0.3, 0.4) is 0 Å². The Morgan fingerprint density at radius 2 is 1.55 bits per heavy atom. The second-order valence-electron chi connectivity index (χ2n) is 7.19. The molecule has 0 aromatic rings. The van der Waals surface area contributed by atoms with Crippen LogP contribution in [-0.4, -0.2) is 85.9 Å². The van der Waals surface area contributed by atoms with Gasteiger partial charge in [0.1, 0.15) is 6.04 Å². The van der Waals surface area contributed by atoms with Gasteiger partial charge in [0.25, 0.3) is 0 Å². The number of amides is 2. The maximum absolute atomic E-state index is 12.2. The van der Waals surface area contributed by atoms with E-state index in [-0.39, 0.29) is 31.8 Å². The zero-order chi connectivity index (χ0) is 22.5. The average Bonchev–Trinajstić information content (AvgIpc) is 2.58. The predicted octanol–water partition coefficient (Wildman–Crippen LogP) is 2.57. The third-order valence-electron chi connectivity index (χ3n) is 3.77. The lowest BCUT2D eigenvalue weighted by Gasteiger charge is -2.37. The molecule has 0 radical (unpaired) electrons. The number of carbonyl (C=O) groups is 2. The summed E-state index contributed by atoms with van der Waals surface area (Å²) in [5.41, 5.74) is -0.690. The van der Waals surface area contributed by atoms with Gasteiger partial charge in [-0.15, -0.1) is 0 Å². The molecule has 2 N–H and O–H groups in total. The molecule has 0 aliphatic carbocycles. The van der Waals surface area contributed by atoms with Gasteiger partial charge >= 0.3 is 13.7 Å². The van der Waals surface area contributed by atoms with Crippen molar-refractivity contribution in [2.24, 2.45) is 0 Å². The summed E-state index contributed by atoms with van der Waals surface area (Å²) in [6.45, 7) is 12.2. The van der Waals surface area contributed by atoms with E-state index in [0.717, 1.165) is 4.90 Å². The molecule has 0 aromatic carbocycles. The summed E-state index contributed by atoms with van der Waals surface area (Å²) in [4.78, 5) is 24.7. The number of nitrogens with one attached hydrogen (secondary N) is 1. The Balaban J connectivity index is 3.98. The molecular weight excluding hydrogens is 403 g/mol. The largest absolute Gasteiger partial charge is 0.465 e. The summed E-state index contributed by atoms with van der Waals surface area (Å²) in [6, 6.07) is -0.817. The third kappa shape index (κ3) is 11.5. The molecule has 11 heteroatoms. The molecule has 0 spiro atoms. The van der Waals surface area contributed by atoms with Gasteiger partial charge in [-0.25, -0.2) is 4.79 Å². The molecule has 2 amide bonds. The Morgan fingerprint density at radius 1 is 1.03 bits per heavy atom. The Labute approximate surface area is 173 Å². The van der Waals surface area contributed by atoms with E-state index in [1.807, 2.05) is 0 Å². The van der Waals surface area contributed by atoms with E-state index in [1.54, 1.807) is 41.5 Å². The van der Waals surface area contributed by atoms with E-state index in [2.05, 4.69) is 5.32 Å². The maximum Gasteiger partial charge on any atom is 0.408 e. The smallest absolute Gasteiger partial charge is 0.408 e. The molecule has 1 atom stereocenters. The number of carbonyl (C=O) groups excluding carboxylic acids is 1. The molecular formula is C18H37N2O8P. The second kappa shape index (κ2) is 13.9. The number of hydrogen-bond donors (Lipinski definition) is 2. The quantitative estimate of drug-likeness (QED) is 0.294. The first kappa shape index (κ1) is 27.8. The van der Waals surface area contributed by atoms with Crippen molar-refractivity contribution in [2.45, 2.75) is 53.1 Å². The molecule has 0 saturated heterocycles. The van der Waals surface area contributed by atoms with Crippen molar-refractivity contribution < 1.29 is 37.8 Å². The monoisotopic (exact) mass is 440 g/mol. The Bertz CT molecular complexity index is 528. The summed E-state index contributed by atoms with van der Waals surface area (Å²) in [5, 5.41) is 12.0. The topological polar surface area (TPSA) is 124 Å². The Hall–Kier alpha value is -1.19. The highest BCUT2D eigenvalue weighted by Crippen LogP contribution is 2.47. The van der Waals surface area contributed by atoms with E-state index < -0.39 is 25.3 Å². The number of rotatable bonds is 15. The van der Waals surface area contributed by atoms with Crippen molar-refractivity contribution in [1.82, 2.24) is 10.2 Å². The van der Waals surface area contributed by atoms with Crippen LogP contribution in [0.15, 0.2) is 0 Å². The standard InChI is InChI=1S/C18H37N2O8P/c1-7-27-29(24,28-8-2)14-13-26-12-11-25-10-9-19-16(21)15(3)20(17(22)23)18(4,5)6/h15H,7-14H2,1-6H3,(H,19,21)(H,22,23)/t15-/m0/s1.